The number of anilines is 2. The fourth-order valence-electron chi connectivity index (χ4n) is 1.85. The molecule has 1 aliphatic heterocycles. The van der Waals surface area contributed by atoms with Crippen molar-refractivity contribution in [3.63, 3.8) is 0 Å². The van der Waals surface area contributed by atoms with E-state index < -0.39 is 10.8 Å². The number of rotatable bonds is 3. The lowest BCUT2D eigenvalue weighted by Gasteiger charge is -2.23. The van der Waals surface area contributed by atoms with Gasteiger partial charge in [-0.2, -0.15) is 4.98 Å². The Bertz CT molecular complexity index is 415. The molecule has 0 unspecified atom stereocenters. The molecule has 1 aromatic rings. The molecule has 0 bridgehead atoms. The van der Waals surface area contributed by atoms with Crippen LogP contribution in [0.15, 0.2) is 6.07 Å². The fourth-order valence-corrected chi connectivity index (χ4v) is 3.15. The Morgan fingerprint density at radius 2 is 2.12 bits per heavy atom. The van der Waals surface area contributed by atoms with Gasteiger partial charge in [0.15, 0.2) is 0 Å². The third-order valence-electron chi connectivity index (χ3n) is 2.72. The quantitative estimate of drug-likeness (QED) is 0.534. The zero-order valence-electron chi connectivity index (χ0n) is 9.77. The number of nitrogens with one attached hydrogen (secondary N) is 2. The van der Waals surface area contributed by atoms with Crippen LogP contribution in [-0.4, -0.2) is 31.7 Å². The Labute approximate surface area is 103 Å². The summed E-state index contributed by atoms with van der Waals surface area (Å²) in [6.45, 7) is 1.89. The molecule has 7 heteroatoms. The Morgan fingerprint density at radius 3 is 2.76 bits per heavy atom. The highest BCUT2D eigenvalue weighted by molar-refractivity contribution is 7.85. The third kappa shape index (κ3) is 3.37. The first kappa shape index (κ1) is 12.3. The Kier molecular flexibility index (Phi) is 3.90. The SMILES string of the molecule is Cc1cc(NC2CCS(=O)CC2)nc(NN)n1. The van der Waals surface area contributed by atoms with Crippen molar-refractivity contribution < 1.29 is 4.21 Å². The minimum atomic E-state index is -0.634. The Morgan fingerprint density at radius 1 is 1.41 bits per heavy atom. The molecule has 1 saturated heterocycles. The lowest BCUT2D eigenvalue weighted by atomic mass is 10.1. The number of hydrazine groups is 1. The van der Waals surface area contributed by atoms with E-state index >= 15 is 0 Å². The molecular formula is C10H17N5OS. The summed E-state index contributed by atoms with van der Waals surface area (Å²) in [6, 6.07) is 2.22. The van der Waals surface area contributed by atoms with Gasteiger partial charge in [-0.15, -0.1) is 0 Å². The number of hydrogen-bond donors (Lipinski definition) is 3. The molecule has 0 aliphatic carbocycles. The second-order valence-corrected chi connectivity index (χ2v) is 5.83. The van der Waals surface area contributed by atoms with Crippen LogP contribution in [0, 0.1) is 6.92 Å². The first-order valence-corrected chi connectivity index (χ1v) is 7.10. The highest BCUT2D eigenvalue weighted by atomic mass is 32.2. The van der Waals surface area contributed by atoms with Crippen LogP contribution in [-0.2, 0) is 10.8 Å². The van der Waals surface area contributed by atoms with Gasteiger partial charge in [0.05, 0.1) is 0 Å². The van der Waals surface area contributed by atoms with Crippen molar-refractivity contribution in [2.45, 2.75) is 25.8 Å². The van der Waals surface area contributed by atoms with E-state index in [0.717, 1.165) is 35.9 Å². The lowest BCUT2D eigenvalue weighted by Crippen LogP contribution is -2.30. The van der Waals surface area contributed by atoms with Crippen molar-refractivity contribution >= 4 is 22.6 Å². The predicted molar refractivity (Wildman–Crippen MR) is 69.1 cm³/mol. The van der Waals surface area contributed by atoms with E-state index in [9.17, 15) is 4.21 Å². The van der Waals surface area contributed by atoms with Gasteiger partial charge < -0.3 is 5.32 Å². The maximum atomic E-state index is 11.2. The van der Waals surface area contributed by atoms with Gasteiger partial charge in [-0.05, 0) is 19.8 Å². The second-order valence-electron chi connectivity index (χ2n) is 4.13. The zero-order valence-corrected chi connectivity index (χ0v) is 10.6. The first-order valence-electron chi connectivity index (χ1n) is 5.61. The molecule has 0 atom stereocenters. The summed E-state index contributed by atoms with van der Waals surface area (Å²) in [5.41, 5.74) is 3.30. The van der Waals surface area contributed by atoms with Crippen LogP contribution < -0.4 is 16.6 Å². The van der Waals surface area contributed by atoms with Crippen LogP contribution in [0.3, 0.4) is 0 Å². The van der Waals surface area contributed by atoms with E-state index in [1.807, 2.05) is 13.0 Å². The van der Waals surface area contributed by atoms with E-state index in [0.29, 0.717) is 12.0 Å². The van der Waals surface area contributed by atoms with Crippen molar-refractivity contribution in [3.05, 3.63) is 11.8 Å². The molecule has 2 heterocycles. The van der Waals surface area contributed by atoms with Gasteiger partial charge in [0.2, 0.25) is 5.95 Å². The Hall–Kier alpha value is -1.21. The number of nitrogen functional groups attached to an aromatic ring is 1. The van der Waals surface area contributed by atoms with E-state index in [4.69, 9.17) is 5.84 Å². The van der Waals surface area contributed by atoms with E-state index in [-0.39, 0.29) is 0 Å². The maximum absolute atomic E-state index is 11.2. The molecule has 1 fully saturated rings. The minimum absolute atomic E-state index is 0.340. The lowest BCUT2D eigenvalue weighted by molar-refractivity contribution is 0.622. The van der Waals surface area contributed by atoms with Gasteiger partial charge in [-0.25, -0.2) is 10.8 Å². The number of nitrogens with two attached hydrogens (primary N) is 1. The largest absolute Gasteiger partial charge is 0.367 e. The molecule has 1 aromatic heterocycles. The highest BCUT2D eigenvalue weighted by Crippen LogP contribution is 2.16. The molecule has 0 saturated carbocycles. The first-order chi connectivity index (χ1) is 8.17. The molecule has 0 aromatic carbocycles. The van der Waals surface area contributed by atoms with Crippen LogP contribution in [0.5, 0.6) is 0 Å². The van der Waals surface area contributed by atoms with Crippen molar-refractivity contribution in [1.82, 2.24) is 9.97 Å². The van der Waals surface area contributed by atoms with Crippen LogP contribution >= 0.6 is 0 Å². The van der Waals surface area contributed by atoms with Gasteiger partial charge in [0.25, 0.3) is 0 Å². The number of hydrogen-bond acceptors (Lipinski definition) is 6. The van der Waals surface area contributed by atoms with Gasteiger partial charge in [0, 0.05) is 40.1 Å². The monoisotopic (exact) mass is 255 g/mol. The minimum Gasteiger partial charge on any atom is -0.367 e. The molecule has 0 spiro atoms. The van der Waals surface area contributed by atoms with Gasteiger partial charge >= 0.3 is 0 Å². The summed E-state index contributed by atoms with van der Waals surface area (Å²) in [5.74, 6) is 8.01. The molecule has 2 rings (SSSR count). The fraction of sp³-hybridized carbons (Fsp3) is 0.600. The topological polar surface area (TPSA) is 92.9 Å². The molecule has 6 nitrogen and oxygen atoms in total. The molecule has 0 radical (unpaired) electrons. The van der Waals surface area contributed by atoms with E-state index in [2.05, 4.69) is 20.7 Å². The highest BCUT2D eigenvalue weighted by Gasteiger charge is 2.18. The van der Waals surface area contributed by atoms with Crippen LogP contribution in [0.1, 0.15) is 18.5 Å². The van der Waals surface area contributed by atoms with Crippen molar-refractivity contribution in [2.24, 2.45) is 5.84 Å². The summed E-state index contributed by atoms with van der Waals surface area (Å²) >= 11 is 0. The van der Waals surface area contributed by atoms with Gasteiger partial charge in [-0.3, -0.25) is 9.63 Å². The number of aryl methyl sites for hydroxylation is 1. The number of nitrogens with zero attached hydrogens (tertiary/aromatic N) is 2. The van der Waals surface area contributed by atoms with Gasteiger partial charge in [-0.1, -0.05) is 0 Å². The smallest absolute Gasteiger partial charge is 0.239 e. The standard InChI is InChI=1S/C10H17N5OS/c1-7-6-9(14-10(12-7)15-11)13-8-2-4-17(16)5-3-8/h6,8H,2-5,11H2,1H3,(H2,12,13,14,15). The molecular weight excluding hydrogens is 238 g/mol. The molecule has 0 amide bonds. The van der Waals surface area contributed by atoms with E-state index in [1.165, 1.54) is 0 Å². The van der Waals surface area contributed by atoms with Gasteiger partial charge in [0.1, 0.15) is 5.82 Å². The van der Waals surface area contributed by atoms with Crippen molar-refractivity contribution in [3.8, 4) is 0 Å². The summed E-state index contributed by atoms with van der Waals surface area (Å²) < 4.78 is 11.2. The normalized spacial score (nSPS) is 24.4. The molecule has 1 aliphatic rings. The van der Waals surface area contributed by atoms with Crippen LogP contribution in [0.2, 0.25) is 0 Å². The maximum Gasteiger partial charge on any atom is 0.239 e. The van der Waals surface area contributed by atoms with Crippen molar-refractivity contribution in [1.29, 1.82) is 0 Å². The Balaban J connectivity index is 2.02. The van der Waals surface area contributed by atoms with E-state index in [1.54, 1.807) is 0 Å². The summed E-state index contributed by atoms with van der Waals surface area (Å²) in [4.78, 5) is 8.35. The summed E-state index contributed by atoms with van der Waals surface area (Å²) in [7, 11) is -0.634. The average Bonchev–Trinajstić information content (AvgIpc) is 2.31. The molecule has 4 N–H and O–H groups in total. The number of aromatic nitrogens is 2. The summed E-state index contributed by atoms with van der Waals surface area (Å²) in [5, 5.41) is 3.34. The molecule has 94 valence electrons. The average molecular weight is 255 g/mol. The van der Waals surface area contributed by atoms with Crippen molar-refractivity contribution in [2.75, 3.05) is 22.2 Å². The molecule has 17 heavy (non-hydrogen) atoms. The predicted octanol–water partition coefficient (Wildman–Crippen LogP) is 0.394. The van der Waals surface area contributed by atoms with Crippen LogP contribution in [0.25, 0.3) is 0 Å². The second kappa shape index (κ2) is 5.42. The third-order valence-corrected chi connectivity index (χ3v) is 4.11. The van der Waals surface area contributed by atoms with Crippen LogP contribution in [0.4, 0.5) is 11.8 Å². The summed E-state index contributed by atoms with van der Waals surface area (Å²) in [6.07, 6.45) is 1.84. The zero-order chi connectivity index (χ0) is 12.3.